The van der Waals surface area contributed by atoms with Crippen LogP contribution in [0.1, 0.15) is 81.8 Å². The van der Waals surface area contributed by atoms with E-state index < -0.39 is 0 Å². The van der Waals surface area contributed by atoms with Gasteiger partial charge in [0.1, 0.15) is 0 Å². The highest BCUT2D eigenvalue weighted by atomic mass is 14.3. The molecular weight excluding hydrogens is 326 g/mol. The highest BCUT2D eigenvalue weighted by Crippen LogP contribution is 2.43. The third-order valence-electron chi connectivity index (χ3n) is 6.98. The van der Waals surface area contributed by atoms with E-state index in [1.54, 1.807) is 11.6 Å². The first-order valence-corrected chi connectivity index (χ1v) is 11.0. The molecule has 0 bridgehead atoms. The second-order valence-electron chi connectivity index (χ2n) is 8.71. The van der Waals surface area contributed by atoms with E-state index in [0.29, 0.717) is 11.8 Å². The maximum absolute atomic E-state index is 8.70. The van der Waals surface area contributed by atoms with E-state index in [0.717, 1.165) is 11.8 Å². The quantitative estimate of drug-likeness (QED) is 0.383. The normalized spacial score (nSPS) is 28.7. The number of nitriles is 1. The molecule has 0 heterocycles. The summed E-state index contributed by atoms with van der Waals surface area (Å²) in [6.45, 7) is 6.80. The van der Waals surface area contributed by atoms with Gasteiger partial charge in [0.2, 0.25) is 0 Å². The second kappa shape index (κ2) is 9.93. The Hall–Kier alpha value is -1.81. The molecule has 2 aliphatic carbocycles. The SMILES string of the molecule is C=C(C1CCC(/C=C/C#N)CC1)C1CCC(c2ccc(CCC)cc2)CC1. The Morgan fingerprint density at radius 1 is 1.00 bits per heavy atom. The van der Waals surface area contributed by atoms with Crippen molar-refractivity contribution >= 4 is 0 Å². The number of hydrogen-bond acceptors (Lipinski definition) is 1. The highest BCUT2D eigenvalue weighted by Gasteiger charge is 2.29. The van der Waals surface area contributed by atoms with Crippen LogP contribution in [0.3, 0.4) is 0 Å². The van der Waals surface area contributed by atoms with Gasteiger partial charge in [-0.15, -0.1) is 0 Å². The summed E-state index contributed by atoms with van der Waals surface area (Å²) in [5.41, 5.74) is 4.56. The molecule has 0 unspecified atom stereocenters. The van der Waals surface area contributed by atoms with Crippen LogP contribution in [0.4, 0.5) is 0 Å². The molecule has 0 radical (unpaired) electrons. The smallest absolute Gasteiger partial charge is 0.0908 e. The number of aryl methyl sites for hydroxylation is 1. The van der Waals surface area contributed by atoms with Crippen molar-refractivity contribution in [3.05, 3.63) is 59.7 Å². The third kappa shape index (κ3) is 5.35. The molecule has 0 atom stereocenters. The van der Waals surface area contributed by atoms with E-state index in [-0.39, 0.29) is 0 Å². The predicted octanol–water partition coefficient (Wildman–Crippen LogP) is 7.36. The Morgan fingerprint density at radius 2 is 1.59 bits per heavy atom. The Bertz CT molecular complexity index is 659. The van der Waals surface area contributed by atoms with Crippen molar-refractivity contribution in [2.75, 3.05) is 0 Å². The van der Waals surface area contributed by atoms with Gasteiger partial charge in [-0.2, -0.15) is 5.26 Å². The molecule has 0 saturated heterocycles. The molecular formula is C26H35N. The lowest BCUT2D eigenvalue weighted by Crippen LogP contribution is -2.22. The van der Waals surface area contributed by atoms with Gasteiger partial charge in [0, 0.05) is 6.08 Å². The number of nitrogens with zero attached hydrogens (tertiary/aromatic N) is 1. The average Bonchev–Trinajstić information content (AvgIpc) is 2.73. The number of allylic oxidation sites excluding steroid dienone is 3. The Balaban J connectivity index is 1.47. The third-order valence-corrected chi connectivity index (χ3v) is 6.98. The number of rotatable bonds is 6. The summed E-state index contributed by atoms with van der Waals surface area (Å²) in [6, 6.07) is 11.6. The first-order chi connectivity index (χ1) is 13.2. The fourth-order valence-corrected chi connectivity index (χ4v) is 5.24. The maximum Gasteiger partial charge on any atom is 0.0908 e. The molecule has 1 nitrogen and oxygen atoms in total. The molecule has 2 aliphatic rings. The first kappa shape index (κ1) is 19.9. The van der Waals surface area contributed by atoms with Crippen molar-refractivity contribution in [3.63, 3.8) is 0 Å². The van der Waals surface area contributed by atoms with Crippen LogP contribution in [0, 0.1) is 29.1 Å². The van der Waals surface area contributed by atoms with Gasteiger partial charge in [-0.25, -0.2) is 0 Å². The molecule has 1 aromatic carbocycles. The summed E-state index contributed by atoms with van der Waals surface area (Å²) >= 11 is 0. The molecule has 0 N–H and O–H groups in total. The van der Waals surface area contributed by atoms with Crippen LogP contribution in [0.15, 0.2) is 48.6 Å². The fraction of sp³-hybridized carbons (Fsp3) is 0.577. The van der Waals surface area contributed by atoms with Crippen molar-refractivity contribution in [1.29, 1.82) is 5.26 Å². The van der Waals surface area contributed by atoms with E-state index in [4.69, 9.17) is 5.26 Å². The zero-order valence-corrected chi connectivity index (χ0v) is 17.0. The summed E-state index contributed by atoms with van der Waals surface area (Å²) in [4.78, 5) is 0. The molecule has 1 heteroatoms. The van der Waals surface area contributed by atoms with Gasteiger partial charge < -0.3 is 0 Å². The molecule has 27 heavy (non-hydrogen) atoms. The molecule has 0 amide bonds. The van der Waals surface area contributed by atoms with Crippen molar-refractivity contribution in [3.8, 4) is 6.07 Å². The van der Waals surface area contributed by atoms with Gasteiger partial charge in [0.05, 0.1) is 6.07 Å². The largest absolute Gasteiger partial charge is 0.193 e. The lowest BCUT2D eigenvalue weighted by Gasteiger charge is -2.36. The standard InChI is InChI=1S/C26H35N/c1-3-5-21-9-13-25(14-10-21)26-17-15-24(16-18-26)20(2)23-11-7-22(8-12-23)6-4-19-27/h4,6,9-10,13-14,22-24,26H,2-3,5,7-8,11-12,15-18H2,1H3/b6-4+. The molecule has 0 spiro atoms. The summed E-state index contributed by atoms with van der Waals surface area (Å²) in [7, 11) is 0. The van der Waals surface area contributed by atoms with E-state index >= 15 is 0 Å². The number of benzene rings is 1. The molecule has 144 valence electrons. The zero-order chi connectivity index (χ0) is 19.1. The topological polar surface area (TPSA) is 23.8 Å². The van der Waals surface area contributed by atoms with Gasteiger partial charge >= 0.3 is 0 Å². The Labute approximate surface area is 166 Å². The van der Waals surface area contributed by atoms with Crippen molar-refractivity contribution < 1.29 is 0 Å². The first-order valence-electron chi connectivity index (χ1n) is 11.0. The van der Waals surface area contributed by atoms with Crippen molar-refractivity contribution in [2.24, 2.45) is 17.8 Å². The lowest BCUT2D eigenvalue weighted by atomic mass is 9.70. The highest BCUT2D eigenvalue weighted by molar-refractivity contribution is 5.26. The molecule has 2 fully saturated rings. The van der Waals surface area contributed by atoms with Crippen LogP contribution in [-0.4, -0.2) is 0 Å². The fourth-order valence-electron chi connectivity index (χ4n) is 5.24. The molecule has 0 aliphatic heterocycles. The number of hydrogen-bond donors (Lipinski definition) is 0. The molecule has 2 saturated carbocycles. The van der Waals surface area contributed by atoms with Crippen LogP contribution >= 0.6 is 0 Å². The van der Waals surface area contributed by atoms with Crippen LogP contribution < -0.4 is 0 Å². The summed E-state index contributed by atoms with van der Waals surface area (Å²) < 4.78 is 0. The summed E-state index contributed by atoms with van der Waals surface area (Å²) in [5, 5.41) is 8.70. The van der Waals surface area contributed by atoms with Crippen LogP contribution in [-0.2, 0) is 6.42 Å². The Morgan fingerprint density at radius 3 is 2.15 bits per heavy atom. The van der Waals surface area contributed by atoms with E-state index in [1.165, 1.54) is 75.3 Å². The lowest BCUT2D eigenvalue weighted by molar-refractivity contribution is 0.290. The molecule has 1 aromatic rings. The monoisotopic (exact) mass is 361 g/mol. The Kier molecular flexibility index (Phi) is 7.33. The van der Waals surface area contributed by atoms with Crippen LogP contribution in [0.25, 0.3) is 0 Å². The van der Waals surface area contributed by atoms with Gasteiger partial charge in [-0.3, -0.25) is 0 Å². The van der Waals surface area contributed by atoms with Crippen LogP contribution in [0.2, 0.25) is 0 Å². The minimum Gasteiger partial charge on any atom is -0.193 e. The van der Waals surface area contributed by atoms with E-state index in [1.807, 2.05) is 0 Å². The van der Waals surface area contributed by atoms with Gasteiger partial charge in [-0.05, 0) is 92.6 Å². The average molecular weight is 362 g/mol. The van der Waals surface area contributed by atoms with Gasteiger partial charge in [-0.1, -0.05) is 55.8 Å². The summed E-state index contributed by atoms with van der Waals surface area (Å²) in [6.07, 6.45) is 16.4. The van der Waals surface area contributed by atoms with Gasteiger partial charge in [0.15, 0.2) is 0 Å². The molecule has 0 aromatic heterocycles. The summed E-state index contributed by atoms with van der Waals surface area (Å²) in [5.74, 6) is 2.81. The van der Waals surface area contributed by atoms with Crippen molar-refractivity contribution in [2.45, 2.75) is 77.0 Å². The van der Waals surface area contributed by atoms with E-state index in [9.17, 15) is 0 Å². The van der Waals surface area contributed by atoms with Crippen molar-refractivity contribution in [1.82, 2.24) is 0 Å². The van der Waals surface area contributed by atoms with Crippen LogP contribution in [0.5, 0.6) is 0 Å². The zero-order valence-electron chi connectivity index (χ0n) is 17.0. The minimum atomic E-state index is 0.611. The maximum atomic E-state index is 8.70. The van der Waals surface area contributed by atoms with Gasteiger partial charge in [0.25, 0.3) is 0 Å². The predicted molar refractivity (Wildman–Crippen MR) is 114 cm³/mol. The van der Waals surface area contributed by atoms with E-state index in [2.05, 4.69) is 49.9 Å². The second-order valence-corrected chi connectivity index (χ2v) is 8.71. The molecule has 3 rings (SSSR count). The minimum absolute atomic E-state index is 0.611.